The van der Waals surface area contributed by atoms with Gasteiger partial charge in [-0.1, -0.05) is 47.0 Å². The van der Waals surface area contributed by atoms with Crippen molar-refractivity contribution in [1.29, 1.82) is 0 Å². The van der Waals surface area contributed by atoms with Crippen LogP contribution < -0.4 is 5.32 Å². The van der Waals surface area contributed by atoms with Crippen LogP contribution in [0.1, 0.15) is 72.6 Å². The summed E-state index contributed by atoms with van der Waals surface area (Å²) in [4.78, 5) is 39.1. The van der Waals surface area contributed by atoms with E-state index in [9.17, 15) is 14.4 Å². The highest BCUT2D eigenvalue weighted by atomic mass is 16.5. The number of nitrogens with one attached hydrogen (secondary N) is 1. The van der Waals surface area contributed by atoms with Gasteiger partial charge in [0.05, 0.1) is 0 Å². The first-order valence-corrected chi connectivity index (χ1v) is 10.6. The second-order valence-corrected chi connectivity index (χ2v) is 9.29. The number of nitrogens with zero attached hydrogens (tertiary/aromatic N) is 1. The fraction of sp³-hybridized carbons (Fsp3) is 0.857. The Morgan fingerprint density at radius 3 is 2.63 bits per heavy atom. The van der Waals surface area contributed by atoms with E-state index in [0.717, 1.165) is 43.4 Å². The summed E-state index contributed by atoms with van der Waals surface area (Å²) in [6.45, 7) is 8.23. The number of carbonyl (C=O) groups excluding carboxylic acids is 3. The second-order valence-electron chi connectivity index (χ2n) is 9.29. The lowest BCUT2D eigenvalue weighted by Gasteiger charge is -2.37. The third-order valence-corrected chi connectivity index (χ3v) is 7.03. The molecule has 5 unspecified atom stereocenters. The standard InChI is InChI=1S/C21H34N2O4/c1-13(2)16-9-8-14(3)11-17(16)27-18(24)12-23-19(25)21(22-20(23)26)10-6-5-7-15(21)4/h13-17H,5-12H2,1-4H3,(H,22,26). The highest BCUT2D eigenvalue weighted by Crippen LogP contribution is 2.38. The summed E-state index contributed by atoms with van der Waals surface area (Å²) in [5.74, 6) is 0.684. The zero-order chi connectivity index (χ0) is 19.8. The average molecular weight is 379 g/mol. The van der Waals surface area contributed by atoms with E-state index in [1.54, 1.807) is 0 Å². The minimum Gasteiger partial charge on any atom is -0.461 e. The molecule has 3 rings (SSSR count). The van der Waals surface area contributed by atoms with E-state index in [2.05, 4.69) is 26.1 Å². The largest absolute Gasteiger partial charge is 0.461 e. The summed E-state index contributed by atoms with van der Waals surface area (Å²) in [7, 11) is 0. The van der Waals surface area contributed by atoms with E-state index >= 15 is 0 Å². The smallest absolute Gasteiger partial charge is 0.326 e. The maximum atomic E-state index is 13.0. The van der Waals surface area contributed by atoms with Gasteiger partial charge in [-0.15, -0.1) is 0 Å². The van der Waals surface area contributed by atoms with Crippen molar-refractivity contribution in [2.45, 2.75) is 84.3 Å². The fourth-order valence-corrected chi connectivity index (χ4v) is 5.22. The van der Waals surface area contributed by atoms with Gasteiger partial charge in [0.25, 0.3) is 5.91 Å². The van der Waals surface area contributed by atoms with Crippen LogP contribution in [0.2, 0.25) is 0 Å². The first-order valence-electron chi connectivity index (χ1n) is 10.6. The lowest BCUT2D eigenvalue weighted by atomic mass is 9.73. The molecule has 2 aliphatic carbocycles. The molecule has 3 amide bonds. The van der Waals surface area contributed by atoms with Gasteiger partial charge < -0.3 is 10.1 Å². The monoisotopic (exact) mass is 378 g/mol. The zero-order valence-electron chi connectivity index (χ0n) is 17.1. The number of carbonyl (C=O) groups is 3. The van der Waals surface area contributed by atoms with Crippen LogP contribution >= 0.6 is 0 Å². The lowest BCUT2D eigenvalue weighted by Crippen LogP contribution is -2.54. The summed E-state index contributed by atoms with van der Waals surface area (Å²) >= 11 is 0. The summed E-state index contributed by atoms with van der Waals surface area (Å²) < 4.78 is 5.78. The van der Waals surface area contributed by atoms with E-state index in [4.69, 9.17) is 4.74 Å². The summed E-state index contributed by atoms with van der Waals surface area (Å²) in [6.07, 6.45) is 6.51. The second kappa shape index (κ2) is 7.80. The number of imide groups is 1. The number of hydrogen-bond acceptors (Lipinski definition) is 4. The van der Waals surface area contributed by atoms with Crippen molar-refractivity contribution >= 4 is 17.9 Å². The van der Waals surface area contributed by atoms with Crippen LogP contribution in [0.25, 0.3) is 0 Å². The van der Waals surface area contributed by atoms with Crippen molar-refractivity contribution in [3.63, 3.8) is 0 Å². The van der Waals surface area contributed by atoms with E-state index in [1.165, 1.54) is 0 Å². The SMILES string of the molecule is CC1CCC(C(C)C)C(OC(=O)CN2C(=O)NC3(CCCCC3C)C2=O)C1. The van der Waals surface area contributed by atoms with Gasteiger partial charge in [-0.25, -0.2) is 4.79 Å². The van der Waals surface area contributed by atoms with Crippen LogP contribution in [0.15, 0.2) is 0 Å². The molecule has 1 spiro atoms. The van der Waals surface area contributed by atoms with Gasteiger partial charge in [-0.2, -0.15) is 0 Å². The normalized spacial score (nSPS) is 37.0. The number of ether oxygens (including phenoxy) is 1. The zero-order valence-corrected chi connectivity index (χ0v) is 17.1. The first-order chi connectivity index (χ1) is 12.7. The maximum absolute atomic E-state index is 13.0. The van der Waals surface area contributed by atoms with Crippen molar-refractivity contribution in [3.05, 3.63) is 0 Å². The molecule has 2 saturated carbocycles. The number of rotatable bonds is 4. The van der Waals surface area contributed by atoms with Crippen LogP contribution in [-0.2, 0) is 14.3 Å². The van der Waals surface area contributed by atoms with Crippen LogP contribution in [0.3, 0.4) is 0 Å². The molecule has 3 aliphatic rings. The minimum absolute atomic E-state index is 0.0910. The fourth-order valence-electron chi connectivity index (χ4n) is 5.22. The Hall–Kier alpha value is -1.59. The quantitative estimate of drug-likeness (QED) is 0.600. The van der Waals surface area contributed by atoms with Crippen LogP contribution in [-0.4, -0.2) is 41.0 Å². The maximum Gasteiger partial charge on any atom is 0.326 e. The van der Waals surface area contributed by atoms with Crippen LogP contribution in [0.4, 0.5) is 4.79 Å². The molecule has 3 fully saturated rings. The highest BCUT2D eigenvalue weighted by molar-refractivity contribution is 6.08. The molecule has 0 radical (unpaired) electrons. The summed E-state index contributed by atoms with van der Waals surface area (Å²) in [5.41, 5.74) is -0.824. The number of amides is 3. The first kappa shape index (κ1) is 20.2. The molecule has 1 aliphatic heterocycles. The van der Waals surface area contributed by atoms with Crippen LogP contribution in [0.5, 0.6) is 0 Å². The summed E-state index contributed by atoms with van der Waals surface area (Å²) in [6, 6.07) is -0.455. The molecule has 0 aromatic heterocycles. The third-order valence-electron chi connectivity index (χ3n) is 7.03. The van der Waals surface area contributed by atoms with E-state index in [1.807, 2.05) is 6.92 Å². The van der Waals surface area contributed by atoms with Gasteiger partial charge in [-0.3, -0.25) is 14.5 Å². The van der Waals surface area contributed by atoms with Crippen molar-refractivity contribution in [1.82, 2.24) is 10.2 Å². The van der Waals surface area contributed by atoms with Gasteiger partial charge in [0.2, 0.25) is 0 Å². The number of hydrogen-bond donors (Lipinski definition) is 1. The van der Waals surface area contributed by atoms with Gasteiger partial charge in [0.15, 0.2) is 0 Å². The van der Waals surface area contributed by atoms with E-state index < -0.39 is 17.5 Å². The molecular formula is C21H34N2O4. The Labute approximate surface area is 162 Å². The molecule has 27 heavy (non-hydrogen) atoms. The van der Waals surface area contributed by atoms with Gasteiger partial charge >= 0.3 is 12.0 Å². The molecule has 0 aromatic rings. The van der Waals surface area contributed by atoms with Gasteiger partial charge in [0, 0.05) is 0 Å². The van der Waals surface area contributed by atoms with Crippen molar-refractivity contribution < 1.29 is 19.1 Å². The van der Waals surface area contributed by atoms with E-state index in [-0.39, 0.29) is 24.5 Å². The molecule has 1 N–H and O–H groups in total. The molecular weight excluding hydrogens is 344 g/mol. The number of esters is 1. The Kier molecular flexibility index (Phi) is 5.82. The molecule has 0 aromatic carbocycles. The number of urea groups is 1. The van der Waals surface area contributed by atoms with Crippen LogP contribution in [0, 0.1) is 23.7 Å². The molecule has 0 bridgehead atoms. The van der Waals surface area contributed by atoms with E-state index in [0.29, 0.717) is 24.2 Å². The predicted octanol–water partition coefficient (Wildman–Crippen LogP) is 3.49. The highest BCUT2D eigenvalue weighted by Gasteiger charge is 2.55. The molecule has 5 atom stereocenters. The predicted molar refractivity (Wildman–Crippen MR) is 102 cm³/mol. The minimum atomic E-state index is -0.824. The molecule has 152 valence electrons. The Balaban J connectivity index is 1.65. The Bertz CT molecular complexity index is 605. The average Bonchev–Trinajstić information content (AvgIpc) is 2.82. The van der Waals surface area contributed by atoms with Crippen molar-refractivity contribution in [2.75, 3.05) is 6.54 Å². The topological polar surface area (TPSA) is 75.7 Å². The van der Waals surface area contributed by atoms with Gasteiger partial charge in [0.1, 0.15) is 18.2 Å². The Morgan fingerprint density at radius 2 is 1.96 bits per heavy atom. The Morgan fingerprint density at radius 1 is 1.22 bits per heavy atom. The summed E-state index contributed by atoms with van der Waals surface area (Å²) in [5, 5.41) is 2.89. The third kappa shape index (κ3) is 3.85. The van der Waals surface area contributed by atoms with Crippen molar-refractivity contribution in [3.8, 4) is 0 Å². The molecule has 6 heteroatoms. The lowest BCUT2D eigenvalue weighted by molar-refractivity contribution is -0.158. The van der Waals surface area contributed by atoms with Crippen molar-refractivity contribution in [2.24, 2.45) is 23.7 Å². The molecule has 1 heterocycles. The molecule has 1 saturated heterocycles. The molecule has 6 nitrogen and oxygen atoms in total. The van der Waals surface area contributed by atoms with Gasteiger partial charge in [-0.05, 0) is 49.4 Å².